The Morgan fingerprint density at radius 3 is 3.00 bits per heavy atom. The number of halogens is 1. The van der Waals surface area contributed by atoms with Crippen molar-refractivity contribution in [1.29, 1.82) is 0 Å². The van der Waals surface area contributed by atoms with Gasteiger partial charge in [0.2, 0.25) is 0 Å². The topological polar surface area (TPSA) is 39.9 Å². The van der Waals surface area contributed by atoms with E-state index in [0.717, 1.165) is 21.0 Å². The van der Waals surface area contributed by atoms with Crippen LogP contribution in [0.4, 0.5) is 0 Å². The van der Waals surface area contributed by atoms with Gasteiger partial charge in [-0.25, -0.2) is 0 Å². The van der Waals surface area contributed by atoms with Crippen LogP contribution < -0.4 is 0 Å². The summed E-state index contributed by atoms with van der Waals surface area (Å²) in [5.41, 5.74) is 1.22. The summed E-state index contributed by atoms with van der Waals surface area (Å²) in [6.45, 7) is 3.50. The van der Waals surface area contributed by atoms with Crippen LogP contribution in [0.5, 0.6) is 0 Å². The zero-order valence-electron chi connectivity index (χ0n) is 9.11. The molecule has 0 aromatic carbocycles. The summed E-state index contributed by atoms with van der Waals surface area (Å²) in [5.74, 6) is 0.899. The predicted molar refractivity (Wildman–Crippen MR) is 67.6 cm³/mol. The predicted octanol–water partition coefficient (Wildman–Crippen LogP) is 2.72. The molecule has 0 saturated carbocycles. The first-order chi connectivity index (χ1) is 7.72. The van der Waals surface area contributed by atoms with Crippen LogP contribution in [0, 0.1) is 6.92 Å². The van der Waals surface area contributed by atoms with Crippen LogP contribution >= 0.6 is 27.3 Å². The molecule has 0 atom stereocenters. The van der Waals surface area contributed by atoms with Gasteiger partial charge in [-0.15, -0.1) is 21.5 Å². The van der Waals surface area contributed by atoms with Gasteiger partial charge in [0, 0.05) is 13.7 Å². The summed E-state index contributed by atoms with van der Waals surface area (Å²) >= 11 is 5.19. The van der Waals surface area contributed by atoms with Crippen LogP contribution in [-0.4, -0.2) is 28.5 Å². The van der Waals surface area contributed by atoms with Gasteiger partial charge in [0.25, 0.3) is 0 Å². The van der Waals surface area contributed by atoms with Gasteiger partial charge < -0.3 is 9.30 Å². The van der Waals surface area contributed by atoms with Crippen molar-refractivity contribution in [2.45, 2.75) is 13.5 Å². The van der Waals surface area contributed by atoms with Crippen LogP contribution in [0.15, 0.2) is 16.2 Å². The molecule has 0 aliphatic heterocycles. The van der Waals surface area contributed by atoms with E-state index < -0.39 is 0 Å². The van der Waals surface area contributed by atoms with E-state index in [-0.39, 0.29) is 0 Å². The van der Waals surface area contributed by atoms with E-state index in [1.54, 1.807) is 24.8 Å². The lowest BCUT2D eigenvalue weighted by Crippen LogP contribution is -2.04. The molecule has 0 aliphatic rings. The highest BCUT2D eigenvalue weighted by Gasteiger charge is 2.11. The second kappa shape index (κ2) is 5.07. The Labute approximate surface area is 106 Å². The van der Waals surface area contributed by atoms with Crippen molar-refractivity contribution in [2.75, 3.05) is 13.7 Å². The number of rotatable bonds is 4. The molecule has 2 heterocycles. The average molecular weight is 302 g/mol. The van der Waals surface area contributed by atoms with Gasteiger partial charge in [0.05, 0.1) is 15.3 Å². The molecular weight excluding hydrogens is 290 g/mol. The summed E-state index contributed by atoms with van der Waals surface area (Å²) in [6, 6.07) is 2.11. The minimum atomic E-state index is 0.663. The number of aryl methyl sites for hydroxylation is 1. The molecule has 2 rings (SSSR count). The van der Waals surface area contributed by atoms with Gasteiger partial charge in [-0.1, -0.05) is 0 Å². The van der Waals surface area contributed by atoms with E-state index in [0.29, 0.717) is 6.61 Å². The molecule has 0 unspecified atom stereocenters. The largest absolute Gasteiger partial charge is 0.383 e. The van der Waals surface area contributed by atoms with Gasteiger partial charge in [0.15, 0.2) is 5.82 Å². The lowest BCUT2D eigenvalue weighted by Gasteiger charge is -2.03. The number of nitrogens with zero attached hydrogens (tertiary/aromatic N) is 3. The molecule has 4 nitrogen and oxygen atoms in total. The van der Waals surface area contributed by atoms with Crippen molar-refractivity contribution < 1.29 is 4.74 Å². The van der Waals surface area contributed by atoms with Crippen molar-refractivity contribution >= 4 is 27.3 Å². The molecule has 0 aliphatic carbocycles. The number of hydrogen-bond donors (Lipinski definition) is 0. The highest BCUT2D eigenvalue weighted by Crippen LogP contribution is 2.33. The summed E-state index contributed by atoms with van der Waals surface area (Å²) in [7, 11) is 1.69. The van der Waals surface area contributed by atoms with Gasteiger partial charge in [-0.3, -0.25) is 0 Å². The zero-order valence-corrected chi connectivity index (χ0v) is 11.5. The number of thiophene rings is 1. The molecule has 0 radical (unpaired) electrons. The Bertz CT molecular complexity index is 461. The maximum absolute atomic E-state index is 5.05. The number of ether oxygens (including phenoxy) is 1. The van der Waals surface area contributed by atoms with Crippen molar-refractivity contribution in [1.82, 2.24) is 14.8 Å². The molecule has 0 N–H and O–H groups in total. The second-order valence-corrected chi connectivity index (χ2v) is 5.78. The molecule has 0 spiro atoms. The monoisotopic (exact) mass is 301 g/mol. The van der Waals surface area contributed by atoms with Crippen molar-refractivity contribution in [3.63, 3.8) is 0 Å². The third-order valence-electron chi connectivity index (χ3n) is 2.23. The second-order valence-electron chi connectivity index (χ2n) is 3.41. The Morgan fingerprint density at radius 1 is 1.56 bits per heavy atom. The average Bonchev–Trinajstić information content (AvgIpc) is 2.83. The molecule has 86 valence electrons. The van der Waals surface area contributed by atoms with Crippen LogP contribution in [0.2, 0.25) is 0 Å². The summed E-state index contributed by atoms with van der Waals surface area (Å²) in [6.07, 6.45) is 1.73. The number of aromatic nitrogens is 3. The first-order valence-corrected chi connectivity index (χ1v) is 6.46. The van der Waals surface area contributed by atoms with E-state index in [9.17, 15) is 0 Å². The van der Waals surface area contributed by atoms with Gasteiger partial charge >= 0.3 is 0 Å². The van der Waals surface area contributed by atoms with Crippen LogP contribution in [0.1, 0.15) is 5.56 Å². The highest BCUT2D eigenvalue weighted by molar-refractivity contribution is 9.11. The third kappa shape index (κ3) is 2.34. The van der Waals surface area contributed by atoms with E-state index in [1.165, 1.54) is 5.56 Å². The molecule has 6 heteroatoms. The van der Waals surface area contributed by atoms with Crippen molar-refractivity contribution in [3.05, 3.63) is 21.7 Å². The van der Waals surface area contributed by atoms with E-state index in [1.807, 2.05) is 4.57 Å². The van der Waals surface area contributed by atoms with E-state index >= 15 is 0 Å². The summed E-state index contributed by atoms with van der Waals surface area (Å²) < 4.78 is 8.20. The van der Waals surface area contributed by atoms with E-state index in [2.05, 4.69) is 39.1 Å². The summed E-state index contributed by atoms with van der Waals surface area (Å²) in [4.78, 5) is 1.12. The first kappa shape index (κ1) is 11.8. The normalized spacial score (nSPS) is 10.9. The molecule has 2 aromatic rings. The standard InChI is InChI=1S/C10H12BrN3OS/c1-7-5-8(16-9(7)11)10-13-12-6-14(10)3-4-15-2/h5-6H,3-4H2,1-2H3. The Balaban J connectivity index is 2.29. The SMILES string of the molecule is COCCn1cnnc1-c1cc(C)c(Br)s1. The molecule has 0 fully saturated rings. The molecule has 16 heavy (non-hydrogen) atoms. The highest BCUT2D eigenvalue weighted by atomic mass is 79.9. The molecule has 0 saturated heterocycles. The molecular formula is C10H12BrN3OS. The van der Waals surface area contributed by atoms with Crippen LogP contribution in [-0.2, 0) is 11.3 Å². The van der Waals surface area contributed by atoms with Gasteiger partial charge in [-0.05, 0) is 34.5 Å². The van der Waals surface area contributed by atoms with Crippen molar-refractivity contribution in [3.8, 4) is 10.7 Å². The fourth-order valence-electron chi connectivity index (χ4n) is 1.37. The van der Waals surface area contributed by atoms with Gasteiger partial charge in [0.1, 0.15) is 6.33 Å². The van der Waals surface area contributed by atoms with Crippen LogP contribution in [0.25, 0.3) is 10.7 Å². The first-order valence-electron chi connectivity index (χ1n) is 4.85. The minimum absolute atomic E-state index is 0.663. The number of methoxy groups -OCH3 is 1. The van der Waals surface area contributed by atoms with E-state index in [4.69, 9.17) is 4.74 Å². The smallest absolute Gasteiger partial charge is 0.173 e. The van der Waals surface area contributed by atoms with Crippen LogP contribution in [0.3, 0.4) is 0 Å². The number of hydrogen-bond acceptors (Lipinski definition) is 4. The minimum Gasteiger partial charge on any atom is -0.383 e. The Morgan fingerprint density at radius 2 is 2.38 bits per heavy atom. The maximum Gasteiger partial charge on any atom is 0.173 e. The Hall–Kier alpha value is -0.720. The Kier molecular flexibility index (Phi) is 3.73. The molecule has 0 amide bonds. The van der Waals surface area contributed by atoms with Crippen molar-refractivity contribution in [2.24, 2.45) is 0 Å². The quantitative estimate of drug-likeness (QED) is 0.872. The lowest BCUT2D eigenvalue weighted by molar-refractivity contribution is 0.187. The van der Waals surface area contributed by atoms with Gasteiger partial charge in [-0.2, -0.15) is 0 Å². The fraction of sp³-hybridized carbons (Fsp3) is 0.400. The third-order valence-corrected chi connectivity index (χ3v) is 4.36. The maximum atomic E-state index is 5.05. The molecule has 0 bridgehead atoms. The zero-order chi connectivity index (χ0) is 11.5. The lowest BCUT2D eigenvalue weighted by atomic mass is 10.3. The fourth-order valence-corrected chi connectivity index (χ4v) is 2.90. The molecule has 2 aromatic heterocycles. The summed E-state index contributed by atoms with van der Waals surface area (Å²) in [5, 5.41) is 8.08.